The van der Waals surface area contributed by atoms with E-state index in [9.17, 15) is 0 Å². The van der Waals surface area contributed by atoms with Crippen molar-refractivity contribution in [1.82, 2.24) is 15.5 Å². The molecule has 1 fully saturated rings. The van der Waals surface area contributed by atoms with E-state index in [1.165, 1.54) is 31.7 Å². The van der Waals surface area contributed by atoms with E-state index in [0.29, 0.717) is 0 Å². The molecule has 1 aromatic rings. The average Bonchev–Trinajstić information content (AvgIpc) is 2.76. The van der Waals surface area contributed by atoms with Gasteiger partial charge in [-0.3, -0.25) is 0 Å². The Morgan fingerprint density at radius 1 is 1.47 bits per heavy atom. The molecule has 0 aliphatic carbocycles. The van der Waals surface area contributed by atoms with Gasteiger partial charge in [-0.2, -0.15) is 0 Å². The minimum absolute atomic E-state index is 0.811. The van der Waals surface area contributed by atoms with Gasteiger partial charge in [-0.05, 0) is 38.1 Å². The highest BCUT2D eigenvalue weighted by molar-refractivity contribution is 8.02. The van der Waals surface area contributed by atoms with Crippen LogP contribution in [0.25, 0.3) is 0 Å². The molecule has 6 heteroatoms. The fraction of sp³-hybridized carbons (Fsp3) is 0.778. The van der Waals surface area contributed by atoms with E-state index >= 15 is 0 Å². The second-order valence-corrected chi connectivity index (χ2v) is 6.86. The third kappa shape index (κ3) is 3.62. The van der Waals surface area contributed by atoms with E-state index in [0.717, 1.165) is 14.6 Å². The molecule has 1 saturated heterocycles. The van der Waals surface area contributed by atoms with E-state index in [1.54, 1.807) is 23.1 Å². The third-order valence-corrected chi connectivity index (χ3v) is 5.67. The van der Waals surface area contributed by atoms with Crippen molar-refractivity contribution >= 4 is 34.9 Å². The van der Waals surface area contributed by atoms with Gasteiger partial charge >= 0.3 is 0 Å². The lowest BCUT2D eigenvalue weighted by Gasteiger charge is -2.21. The van der Waals surface area contributed by atoms with E-state index < -0.39 is 0 Å². The molecular weight excluding hydrogens is 246 g/mol. The number of thioether (sulfide) groups is 2. The lowest BCUT2D eigenvalue weighted by Crippen LogP contribution is -2.30. The molecule has 1 aromatic heterocycles. The first-order valence-electron chi connectivity index (χ1n) is 5.09. The molecule has 2 rings (SSSR count). The molecule has 1 atom stereocenters. The fourth-order valence-electron chi connectivity index (χ4n) is 1.59. The van der Waals surface area contributed by atoms with Gasteiger partial charge in [-0.25, -0.2) is 0 Å². The van der Waals surface area contributed by atoms with Crippen molar-refractivity contribution in [3.8, 4) is 0 Å². The Labute approximate surface area is 103 Å². The van der Waals surface area contributed by atoms with Crippen LogP contribution in [0.5, 0.6) is 0 Å². The largest absolute Gasteiger partial charge is 0.316 e. The van der Waals surface area contributed by atoms with Gasteiger partial charge in [-0.15, -0.1) is 10.2 Å². The molecule has 1 aliphatic heterocycles. The summed E-state index contributed by atoms with van der Waals surface area (Å²) in [5.41, 5.74) is 0. The number of hydrogen-bond acceptors (Lipinski definition) is 6. The monoisotopic (exact) mass is 261 g/mol. The molecule has 1 N–H and O–H groups in total. The van der Waals surface area contributed by atoms with Crippen LogP contribution < -0.4 is 5.32 Å². The summed E-state index contributed by atoms with van der Waals surface area (Å²) in [6.45, 7) is 2.36. The summed E-state index contributed by atoms with van der Waals surface area (Å²) in [5, 5.41) is 11.7. The Morgan fingerprint density at radius 2 is 2.33 bits per heavy atom. The van der Waals surface area contributed by atoms with E-state index in [4.69, 9.17) is 0 Å². The van der Waals surface area contributed by atoms with Crippen LogP contribution in [0, 0.1) is 5.92 Å². The van der Waals surface area contributed by atoms with Gasteiger partial charge in [0.15, 0.2) is 8.68 Å². The van der Waals surface area contributed by atoms with Crippen molar-refractivity contribution in [3.05, 3.63) is 0 Å². The normalized spacial score (nSPS) is 21.8. The van der Waals surface area contributed by atoms with Gasteiger partial charge in [0.05, 0.1) is 0 Å². The zero-order chi connectivity index (χ0) is 10.5. The summed E-state index contributed by atoms with van der Waals surface area (Å²) in [4.78, 5) is 0. The fourth-order valence-corrected chi connectivity index (χ4v) is 4.19. The van der Waals surface area contributed by atoms with Crippen LogP contribution in [0.4, 0.5) is 0 Å². The summed E-state index contributed by atoms with van der Waals surface area (Å²) < 4.78 is 2.18. The standard InChI is InChI=1S/C9H15N3S3/c1-13-8-11-12-9(15-8)14-6-7-3-2-4-10-5-7/h7,10H,2-6H2,1H3. The average molecular weight is 261 g/mol. The van der Waals surface area contributed by atoms with Crippen molar-refractivity contribution in [3.63, 3.8) is 0 Å². The molecule has 3 nitrogen and oxygen atoms in total. The lowest BCUT2D eigenvalue weighted by atomic mass is 10.0. The molecule has 15 heavy (non-hydrogen) atoms. The van der Waals surface area contributed by atoms with Crippen LogP contribution >= 0.6 is 34.9 Å². The SMILES string of the molecule is CSc1nnc(SCC2CCCNC2)s1. The van der Waals surface area contributed by atoms with Gasteiger partial charge < -0.3 is 5.32 Å². The summed E-state index contributed by atoms with van der Waals surface area (Å²) in [7, 11) is 0. The van der Waals surface area contributed by atoms with Crippen molar-refractivity contribution in [1.29, 1.82) is 0 Å². The zero-order valence-electron chi connectivity index (χ0n) is 8.73. The zero-order valence-corrected chi connectivity index (χ0v) is 11.2. The topological polar surface area (TPSA) is 37.8 Å². The minimum atomic E-state index is 0.811. The minimum Gasteiger partial charge on any atom is -0.316 e. The predicted octanol–water partition coefficient (Wildman–Crippen LogP) is 2.35. The number of rotatable bonds is 4. The molecule has 1 aliphatic rings. The van der Waals surface area contributed by atoms with Crippen molar-refractivity contribution in [2.24, 2.45) is 5.92 Å². The smallest absolute Gasteiger partial charge is 0.175 e. The Bertz CT molecular complexity index is 297. The lowest BCUT2D eigenvalue weighted by molar-refractivity contribution is 0.410. The van der Waals surface area contributed by atoms with Crippen LogP contribution in [0.2, 0.25) is 0 Å². The van der Waals surface area contributed by atoms with Crippen LogP contribution in [-0.4, -0.2) is 35.3 Å². The maximum absolute atomic E-state index is 4.16. The Morgan fingerprint density at radius 3 is 3.00 bits per heavy atom. The number of nitrogens with one attached hydrogen (secondary N) is 1. The molecule has 0 saturated carbocycles. The Balaban J connectivity index is 1.76. The van der Waals surface area contributed by atoms with Crippen molar-refractivity contribution in [2.45, 2.75) is 21.5 Å². The summed E-state index contributed by atoms with van der Waals surface area (Å²) >= 11 is 5.23. The molecule has 0 amide bonds. The highest BCUT2D eigenvalue weighted by Crippen LogP contribution is 2.29. The van der Waals surface area contributed by atoms with Crippen molar-refractivity contribution in [2.75, 3.05) is 25.1 Å². The first kappa shape index (κ1) is 11.7. The summed E-state index contributed by atoms with van der Waals surface area (Å²) in [6.07, 6.45) is 4.71. The van der Waals surface area contributed by atoms with Crippen LogP contribution in [0.15, 0.2) is 8.68 Å². The number of piperidine rings is 1. The van der Waals surface area contributed by atoms with Crippen LogP contribution in [0.3, 0.4) is 0 Å². The molecule has 0 aromatic carbocycles. The highest BCUT2D eigenvalue weighted by atomic mass is 32.2. The van der Waals surface area contributed by atoms with Gasteiger partial charge in [-0.1, -0.05) is 34.9 Å². The number of hydrogen-bond donors (Lipinski definition) is 1. The van der Waals surface area contributed by atoms with Crippen LogP contribution in [0.1, 0.15) is 12.8 Å². The Kier molecular flexibility index (Phi) is 4.74. The van der Waals surface area contributed by atoms with E-state index in [-0.39, 0.29) is 0 Å². The molecular formula is C9H15N3S3. The highest BCUT2D eigenvalue weighted by Gasteiger charge is 2.14. The maximum Gasteiger partial charge on any atom is 0.175 e. The Hall–Kier alpha value is 0.220. The van der Waals surface area contributed by atoms with E-state index in [1.807, 2.05) is 18.0 Å². The molecule has 84 valence electrons. The molecule has 2 heterocycles. The first-order valence-corrected chi connectivity index (χ1v) is 8.12. The molecule has 0 radical (unpaired) electrons. The second kappa shape index (κ2) is 6.08. The van der Waals surface area contributed by atoms with Gasteiger partial charge in [0.25, 0.3) is 0 Å². The molecule has 0 bridgehead atoms. The van der Waals surface area contributed by atoms with E-state index in [2.05, 4.69) is 15.5 Å². The van der Waals surface area contributed by atoms with Crippen molar-refractivity contribution < 1.29 is 0 Å². The number of aromatic nitrogens is 2. The van der Waals surface area contributed by atoms with Crippen LogP contribution in [-0.2, 0) is 0 Å². The van der Waals surface area contributed by atoms with Gasteiger partial charge in [0.2, 0.25) is 0 Å². The number of nitrogens with zero attached hydrogens (tertiary/aromatic N) is 2. The quantitative estimate of drug-likeness (QED) is 0.842. The molecule has 0 spiro atoms. The molecule has 1 unspecified atom stereocenters. The van der Waals surface area contributed by atoms with Gasteiger partial charge in [0.1, 0.15) is 0 Å². The maximum atomic E-state index is 4.16. The third-order valence-electron chi connectivity index (χ3n) is 2.40. The summed E-state index contributed by atoms with van der Waals surface area (Å²) in [5.74, 6) is 1.99. The second-order valence-electron chi connectivity index (χ2n) is 3.56. The summed E-state index contributed by atoms with van der Waals surface area (Å²) in [6, 6.07) is 0. The first-order chi connectivity index (χ1) is 7.38. The predicted molar refractivity (Wildman–Crippen MR) is 68.0 cm³/mol. The van der Waals surface area contributed by atoms with Gasteiger partial charge in [0, 0.05) is 5.75 Å².